The largest absolute Gasteiger partial charge is 0.299 e. The van der Waals surface area contributed by atoms with Gasteiger partial charge in [-0.2, -0.15) is 0 Å². The number of carbonyl (C=O) groups is 1. The maximum Gasteiger partial charge on any atom is 0.137 e. The van der Waals surface area contributed by atoms with Crippen LogP contribution in [-0.4, -0.2) is 9.99 Å². The van der Waals surface area contributed by atoms with E-state index >= 15 is 0 Å². The Hall–Kier alpha value is -1.74. The number of carbonyl (C=O) groups excluding carboxylic acids is 1. The van der Waals surface area contributed by atoms with E-state index in [4.69, 9.17) is 0 Å². The third-order valence-corrected chi connectivity index (χ3v) is 5.51. The molecule has 24 heavy (non-hydrogen) atoms. The van der Waals surface area contributed by atoms with E-state index in [-0.39, 0.29) is 17.1 Å². The summed E-state index contributed by atoms with van der Waals surface area (Å²) >= 11 is 0. The van der Waals surface area contributed by atoms with Gasteiger partial charge in [0, 0.05) is 15.7 Å². The Balaban J connectivity index is 2.47. The van der Waals surface area contributed by atoms with Crippen molar-refractivity contribution >= 4 is 16.6 Å². The summed E-state index contributed by atoms with van der Waals surface area (Å²) in [7, 11) is -1.28. The maximum absolute atomic E-state index is 13.1. The van der Waals surface area contributed by atoms with E-state index in [0.29, 0.717) is 0 Å². The van der Waals surface area contributed by atoms with Crippen LogP contribution in [0.4, 0.5) is 0 Å². The molecule has 0 N–H and O–H groups in total. The maximum atomic E-state index is 13.1. The molecule has 1 unspecified atom stereocenters. The third kappa shape index (κ3) is 4.64. The van der Waals surface area contributed by atoms with Gasteiger partial charge in [0.1, 0.15) is 5.78 Å². The summed E-state index contributed by atoms with van der Waals surface area (Å²) < 4.78 is 13.1. The van der Waals surface area contributed by atoms with Gasteiger partial charge in [-0.3, -0.25) is 4.79 Å². The van der Waals surface area contributed by atoms with Gasteiger partial charge in [0.2, 0.25) is 0 Å². The van der Waals surface area contributed by atoms with Crippen molar-refractivity contribution in [2.24, 2.45) is 5.41 Å². The number of hydrogen-bond acceptors (Lipinski definition) is 2. The SMILES string of the molecule is CC(=O)[C@@H](CC(C)(C)C)c1ccccc1S(=O)c1ccc(C)cc1. The van der Waals surface area contributed by atoms with Crippen molar-refractivity contribution in [3.05, 3.63) is 59.7 Å². The number of hydrogen-bond donors (Lipinski definition) is 0. The third-order valence-electron chi connectivity index (χ3n) is 4.04. The first-order chi connectivity index (χ1) is 11.2. The first-order valence-electron chi connectivity index (χ1n) is 8.27. The zero-order valence-electron chi connectivity index (χ0n) is 15.1. The van der Waals surface area contributed by atoms with Crippen LogP contribution in [0.15, 0.2) is 58.3 Å². The molecule has 0 amide bonds. The average Bonchev–Trinajstić information content (AvgIpc) is 2.52. The summed E-state index contributed by atoms with van der Waals surface area (Å²) in [4.78, 5) is 13.8. The Morgan fingerprint density at radius 2 is 1.62 bits per heavy atom. The van der Waals surface area contributed by atoms with E-state index in [2.05, 4.69) is 20.8 Å². The molecule has 2 nitrogen and oxygen atoms in total. The molecule has 0 bridgehead atoms. The Morgan fingerprint density at radius 1 is 1.04 bits per heavy atom. The molecule has 0 saturated heterocycles. The Morgan fingerprint density at radius 3 is 2.17 bits per heavy atom. The van der Waals surface area contributed by atoms with Crippen molar-refractivity contribution in [1.82, 2.24) is 0 Å². The van der Waals surface area contributed by atoms with Gasteiger partial charge in [-0.1, -0.05) is 56.7 Å². The molecule has 0 aliphatic heterocycles. The molecule has 0 aliphatic carbocycles. The zero-order chi connectivity index (χ0) is 17.9. The van der Waals surface area contributed by atoms with Crippen molar-refractivity contribution in [3.63, 3.8) is 0 Å². The second-order valence-electron chi connectivity index (χ2n) is 7.55. The fourth-order valence-corrected chi connectivity index (χ4v) is 4.07. The van der Waals surface area contributed by atoms with Gasteiger partial charge in [-0.25, -0.2) is 4.21 Å². The van der Waals surface area contributed by atoms with Crippen LogP contribution in [0, 0.1) is 12.3 Å². The van der Waals surface area contributed by atoms with Crippen LogP contribution in [0.1, 0.15) is 51.2 Å². The fourth-order valence-electron chi connectivity index (χ4n) is 2.81. The minimum atomic E-state index is -1.28. The lowest BCUT2D eigenvalue weighted by atomic mass is 9.80. The molecule has 0 heterocycles. The van der Waals surface area contributed by atoms with E-state index in [1.54, 1.807) is 6.92 Å². The molecule has 2 atom stereocenters. The highest BCUT2D eigenvalue weighted by Gasteiger charge is 2.27. The van der Waals surface area contributed by atoms with E-state index < -0.39 is 10.8 Å². The lowest BCUT2D eigenvalue weighted by molar-refractivity contribution is -0.119. The summed E-state index contributed by atoms with van der Waals surface area (Å²) in [5.41, 5.74) is 2.05. The highest BCUT2D eigenvalue weighted by Crippen LogP contribution is 2.35. The highest BCUT2D eigenvalue weighted by atomic mass is 32.2. The van der Waals surface area contributed by atoms with Crippen molar-refractivity contribution in [2.75, 3.05) is 0 Å². The van der Waals surface area contributed by atoms with E-state index in [1.165, 1.54) is 0 Å². The zero-order valence-corrected chi connectivity index (χ0v) is 15.9. The molecule has 0 radical (unpaired) electrons. The Labute approximate surface area is 147 Å². The van der Waals surface area contributed by atoms with Gasteiger partial charge in [0.25, 0.3) is 0 Å². The minimum absolute atomic E-state index is 0.0226. The first kappa shape index (κ1) is 18.6. The second kappa shape index (κ2) is 7.43. The predicted octanol–water partition coefficient (Wildman–Crippen LogP) is 5.27. The quantitative estimate of drug-likeness (QED) is 0.741. The van der Waals surface area contributed by atoms with Crippen LogP contribution in [0.5, 0.6) is 0 Å². The number of ketones is 1. The molecule has 3 heteroatoms. The number of rotatable bonds is 5. The molecule has 2 aromatic carbocycles. The van der Waals surface area contributed by atoms with Crippen LogP contribution in [0.2, 0.25) is 0 Å². The van der Waals surface area contributed by atoms with Gasteiger partial charge in [0.05, 0.1) is 10.8 Å². The van der Waals surface area contributed by atoms with E-state index in [0.717, 1.165) is 27.3 Å². The summed E-state index contributed by atoms with van der Waals surface area (Å²) in [5.74, 6) is -0.103. The number of aryl methyl sites for hydroxylation is 1. The van der Waals surface area contributed by atoms with Crippen molar-refractivity contribution in [2.45, 2.75) is 56.7 Å². The molecule has 2 aromatic rings. The normalized spacial score (nSPS) is 14.2. The standard InChI is InChI=1S/C21H26O2S/c1-15-10-12-17(13-11-15)24(23)20-9-7-6-8-18(20)19(16(2)22)14-21(3,4)5/h6-13,19H,14H2,1-5H3/t19-,24?/m1/s1. The van der Waals surface area contributed by atoms with Gasteiger partial charge < -0.3 is 0 Å². The van der Waals surface area contributed by atoms with Crippen molar-refractivity contribution < 1.29 is 9.00 Å². The lowest BCUT2D eigenvalue weighted by Crippen LogP contribution is -2.19. The summed E-state index contributed by atoms with van der Waals surface area (Å²) in [6.07, 6.45) is 0.741. The van der Waals surface area contributed by atoms with E-state index in [9.17, 15) is 9.00 Å². The topological polar surface area (TPSA) is 34.1 Å². The molecule has 0 aromatic heterocycles. The Bertz CT molecular complexity index is 739. The molecule has 2 rings (SSSR count). The second-order valence-corrected chi connectivity index (χ2v) is 9.00. The highest BCUT2D eigenvalue weighted by molar-refractivity contribution is 7.85. The number of Topliss-reactive ketones (excluding diaryl/α,β-unsaturated/α-hetero) is 1. The van der Waals surface area contributed by atoms with Crippen LogP contribution >= 0.6 is 0 Å². The molecule has 0 fully saturated rings. The van der Waals surface area contributed by atoms with Crippen LogP contribution in [-0.2, 0) is 15.6 Å². The molecule has 0 spiro atoms. The molecule has 128 valence electrons. The smallest absolute Gasteiger partial charge is 0.137 e. The van der Waals surface area contributed by atoms with Crippen LogP contribution in [0.25, 0.3) is 0 Å². The Kier molecular flexibility index (Phi) is 5.76. The van der Waals surface area contributed by atoms with Gasteiger partial charge in [-0.05, 0) is 49.4 Å². The van der Waals surface area contributed by atoms with Gasteiger partial charge >= 0.3 is 0 Å². The molecular weight excluding hydrogens is 316 g/mol. The van der Waals surface area contributed by atoms with E-state index in [1.807, 2.05) is 55.5 Å². The van der Waals surface area contributed by atoms with Gasteiger partial charge in [-0.15, -0.1) is 0 Å². The fraction of sp³-hybridized carbons (Fsp3) is 0.381. The van der Waals surface area contributed by atoms with Gasteiger partial charge in [0.15, 0.2) is 0 Å². The summed E-state index contributed by atoms with van der Waals surface area (Å²) in [6.45, 7) is 10.0. The van der Waals surface area contributed by atoms with Crippen molar-refractivity contribution in [1.29, 1.82) is 0 Å². The van der Waals surface area contributed by atoms with Crippen molar-refractivity contribution in [3.8, 4) is 0 Å². The lowest BCUT2D eigenvalue weighted by Gasteiger charge is -2.26. The molecule has 0 aliphatic rings. The number of benzene rings is 2. The monoisotopic (exact) mass is 342 g/mol. The summed E-state index contributed by atoms with van der Waals surface area (Å²) in [5, 5.41) is 0. The average molecular weight is 343 g/mol. The minimum Gasteiger partial charge on any atom is -0.299 e. The van der Waals surface area contributed by atoms with Crippen LogP contribution < -0.4 is 0 Å². The predicted molar refractivity (Wildman–Crippen MR) is 99.8 cm³/mol. The first-order valence-corrected chi connectivity index (χ1v) is 9.42. The van der Waals surface area contributed by atoms with Crippen LogP contribution in [0.3, 0.4) is 0 Å². The molecular formula is C21H26O2S. The summed E-state index contributed by atoms with van der Waals surface area (Å²) in [6, 6.07) is 15.4. The molecule has 0 saturated carbocycles.